The topological polar surface area (TPSA) is 78.9 Å². The Morgan fingerprint density at radius 2 is 2.07 bits per heavy atom. The Labute approximate surface area is 185 Å². The summed E-state index contributed by atoms with van der Waals surface area (Å²) >= 11 is 0. The number of ether oxygens (including phenoxy) is 1. The maximum Gasteiger partial charge on any atom is 0.417 e. The van der Waals surface area contributed by atoms with Gasteiger partial charge in [-0.15, -0.1) is 24.0 Å². The average molecular weight is 529 g/mol. The van der Waals surface area contributed by atoms with E-state index >= 15 is 0 Å². The number of halogens is 4. The second-order valence-electron chi connectivity index (χ2n) is 6.70. The Bertz CT molecular complexity index is 685. The van der Waals surface area contributed by atoms with E-state index in [-0.39, 0.29) is 41.8 Å². The Morgan fingerprint density at radius 1 is 1.34 bits per heavy atom. The molecule has 1 fully saturated rings. The van der Waals surface area contributed by atoms with Crippen LogP contribution in [0.5, 0.6) is 0 Å². The minimum atomic E-state index is -4.38. The highest BCUT2D eigenvalue weighted by molar-refractivity contribution is 14.0. The second kappa shape index (κ2) is 11.4. The number of aliphatic imine (C=N–C) groups is 1. The average Bonchev–Trinajstić information content (AvgIpc) is 3.05. The lowest BCUT2D eigenvalue weighted by Crippen LogP contribution is -2.41. The van der Waals surface area contributed by atoms with Crippen molar-refractivity contribution in [1.82, 2.24) is 15.2 Å². The molecule has 11 heteroatoms. The monoisotopic (exact) mass is 529 g/mol. The number of nitrogens with one attached hydrogen (secondary N) is 2. The molecule has 1 aliphatic heterocycles. The van der Waals surface area contributed by atoms with Crippen LogP contribution in [0.15, 0.2) is 23.3 Å². The number of likely N-dealkylation sites (tertiary alicyclic amines) is 1. The van der Waals surface area contributed by atoms with Crippen molar-refractivity contribution in [3.63, 3.8) is 0 Å². The van der Waals surface area contributed by atoms with E-state index < -0.39 is 11.7 Å². The first-order valence-electron chi connectivity index (χ1n) is 9.06. The smallest absolute Gasteiger partial charge is 0.417 e. The molecule has 29 heavy (non-hydrogen) atoms. The lowest BCUT2D eigenvalue weighted by molar-refractivity contribution is -0.146. The van der Waals surface area contributed by atoms with Crippen molar-refractivity contribution in [3.8, 4) is 0 Å². The summed E-state index contributed by atoms with van der Waals surface area (Å²) in [6.45, 7) is 4.45. The molecule has 2 unspecified atom stereocenters. The zero-order valence-corrected chi connectivity index (χ0v) is 19.0. The summed E-state index contributed by atoms with van der Waals surface area (Å²) in [5, 5.41) is 6.23. The summed E-state index contributed by atoms with van der Waals surface area (Å²) in [7, 11) is 3.08. The number of carbonyl (C=O) groups is 1. The molecule has 1 aromatic heterocycles. The minimum absolute atomic E-state index is 0. The van der Waals surface area contributed by atoms with Gasteiger partial charge in [0, 0.05) is 39.4 Å². The van der Waals surface area contributed by atoms with Crippen LogP contribution in [0.1, 0.15) is 18.9 Å². The van der Waals surface area contributed by atoms with E-state index in [4.69, 9.17) is 4.74 Å². The van der Waals surface area contributed by atoms with Gasteiger partial charge < -0.3 is 20.3 Å². The predicted octanol–water partition coefficient (Wildman–Crippen LogP) is 2.84. The van der Waals surface area contributed by atoms with Crippen LogP contribution in [-0.2, 0) is 15.7 Å². The van der Waals surface area contributed by atoms with Gasteiger partial charge in [0.2, 0.25) is 0 Å². The standard InChI is InChI=1S/C18H26F3N5O2.HI/c1-12-10-26(11-14(12)16(27)28-3)17(22-2)24-8-4-7-23-15-6-5-13(9-25-15)18(19,20)21;/h5-6,9,12,14H,4,7-8,10-11H2,1-3H3,(H,22,24)(H,23,25);1H. The number of nitrogens with zero attached hydrogens (tertiary/aromatic N) is 3. The molecule has 2 heterocycles. The molecular weight excluding hydrogens is 502 g/mol. The van der Waals surface area contributed by atoms with Gasteiger partial charge in [0.15, 0.2) is 5.96 Å². The first kappa shape index (κ1) is 25.2. The number of aromatic nitrogens is 1. The van der Waals surface area contributed by atoms with Gasteiger partial charge in [0.1, 0.15) is 5.82 Å². The number of esters is 1. The van der Waals surface area contributed by atoms with E-state index in [1.165, 1.54) is 13.2 Å². The summed E-state index contributed by atoms with van der Waals surface area (Å²) < 4.78 is 42.4. The number of hydrogen-bond donors (Lipinski definition) is 2. The third kappa shape index (κ3) is 7.19. The highest BCUT2D eigenvalue weighted by atomic mass is 127. The fourth-order valence-corrected chi connectivity index (χ4v) is 3.10. The highest BCUT2D eigenvalue weighted by Crippen LogP contribution is 2.28. The molecule has 0 amide bonds. The fraction of sp³-hybridized carbons (Fsp3) is 0.611. The number of carbonyl (C=O) groups excluding carboxylic acids is 1. The van der Waals surface area contributed by atoms with Crippen LogP contribution in [0.4, 0.5) is 19.0 Å². The third-order valence-electron chi connectivity index (χ3n) is 4.66. The maximum absolute atomic E-state index is 12.5. The van der Waals surface area contributed by atoms with E-state index in [0.717, 1.165) is 12.3 Å². The van der Waals surface area contributed by atoms with Gasteiger partial charge in [0.25, 0.3) is 0 Å². The summed E-state index contributed by atoms with van der Waals surface area (Å²) in [6, 6.07) is 2.31. The van der Waals surface area contributed by atoms with Crippen LogP contribution in [0.3, 0.4) is 0 Å². The molecule has 0 radical (unpaired) electrons. The van der Waals surface area contributed by atoms with Crippen molar-refractivity contribution in [3.05, 3.63) is 23.9 Å². The zero-order valence-electron chi connectivity index (χ0n) is 16.6. The Hall–Kier alpha value is -1.79. The normalized spacial score (nSPS) is 19.5. The number of pyridine rings is 1. The SMILES string of the molecule is CN=C(NCCCNc1ccc(C(F)(F)F)cn1)N1CC(C)C(C(=O)OC)C1.I. The molecular formula is C18H27F3IN5O2. The van der Waals surface area contributed by atoms with Gasteiger partial charge in [0.05, 0.1) is 18.6 Å². The molecule has 164 valence electrons. The van der Waals surface area contributed by atoms with Crippen LogP contribution in [0, 0.1) is 11.8 Å². The Morgan fingerprint density at radius 3 is 2.62 bits per heavy atom. The maximum atomic E-state index is 12.5. The van der Waals surface area contributed by atoms with Gasteiger partial charge >= 0.3 is 12.1 Å². The summed E-state index contributed by atoms with van der Waals surface area (Å²) in [5.41, 5.74) is -0.770. The highest BCUT2D eigenvalue weighted by Gasteiger charge is 2.36. The van der Waals surface area contributed by atoms with Crippen molar-refractivity contribution < 1.29 is 22.7 Å². The second-order valence-corrected chi connectivity index (χ2v) is 6.70. The molecule has 1 aliphatic rings. The third-order valence-corrected chi connectivity index (χ3v) is 4.66. The first-order valence-corrected chi connectivity index (χ1v) is 9.06. The lowest BCUT2D eigenvalue weighted by Gasteiger charge is -2.21. The molecule has 1 aromatic rings. The molecule has 0 spiro atoms. The number of alkyl halides is 3. The predicted molar refractivity (Wildman–Crippen MR) is 115 cm³/mol. The van der Waals surface area contributed by atoms with E-state index in [0.29, 0.717) is 44.4 Å². The van der Waals surface area contributed by atoms with Crippen molar-refractivity contribution in [2.45, 2.75) is 19.5 Å². The van der Waals surface area contributed by atoms with E-state index in [1.807, 2.05) is 11.8 Å². The van der Waals surface area contributed by atoms with Gasteiger partial charge in [-0.2, -0.15) is 13.2 Å². The summed E-state index contributed by atoms with van der Waals surface area (Å²) in [4.78, 5) is 21.9. The van der Waals surface area contributed by atoms with Crippen molar-refractivity contribution >= 4 is 41.7 Å². The quantitative estimate of drug-likeness (QED) is 0.194. The minimum Gasteiger partial charge on any atom is -0.469 e. The van der Waals surface area contributed by atoms with Gasteiger partial charge in [-0.1, -0.05) is 6.92 Å². The summed E-state index contributed by atoms with van der Waals surface area (Å²) in [6.07, 6.45) is -2.86. The van der Waals surface area contributed by atoms with Crippen LogP contribution < -0.4 is 10.6 Å². The van der Waals surface area contributed by atoms with Gasteiger partial charge in [-0.3, -0.25) is 9.79 Å². The summed E-state index contributed by atoms with van der Waals surface area (Å²) in [5.74, 6) is 0.908. The number of methoxy groups -OCH3 is 1. The number of rotatable bonds is 6. The molecule has 0 bridgehead atoms. The molecule has 2 N–H and O–H groups in total. The van der Waals surface area contributed by atoms with Crippen LogP contribution in [0.25, 0.3) is 0 Å². The molecule has 2 rings (SSSR count). The van der Waals surface area contributed by atoms with Gasteiger partial charge in [-0.05, 0) is 24.5 Å². The van der Waals surface area contributed by atoms with Crippen molar-refractivity contribution in [2.75, 3.05) is 45.7 Å². The largest absolute Gasteiger partial charge is 0.469 e. The fourth-order valence-electron chi connectivity index (χ4n) is 3.10. The van der Waals surface area contributed by atoms with Crippen LogP contribution >= 0.6 is 24.0 Å². The Kier molecular flexibility index (Phi) is 9.93. The molecule has 7 nitrogen and oxygen atoms in total. The van der Waals surface area contributed by atoms with E-state index in [1.54, 1.807) is 7.05 Å². The molecule has 0 aromatic carbocycles. The molecule has 0 aliphatic carbocycles. The first-order chi connectivity index (χ1) is 13.3. The van der Waals surface area contributed by atoms with E-state index in [9.17, 15) is 18.0 Å². The lowest BCUT2D eigenvalue weighted by atomic mass is 9.99. The number of hydrogen-bond acceptors (Lipinski definition) is 5. The van der Waals surface area contributed by atoms with Crippen LogP contribution in [0.2, 0.25) is 0 Å². The Balaban J connectivity index is 0.00000420. The number of anilines is 1. The zero-order chi connectivity index (χ0) is 20.7. The van der Waals surface area contributed by atoms with E-state index in [2.05, 4.69) is 20.6 Å². The van der Waals surface area contributed by atoms with Crippen LogP contribution in [-0.4, -0.2) is 62.1 Å². The molecule has 0 saturated carbocycles. The number of guanidine groups is 1. The molecule has 1 saturated heterocycles. The van der Waals surface area contributed by atoms with Crippen molar-refractivity contribution in [2.24, 2.45) is 16.8 Å². The van der Waals surface area contributed by atoms with Gasteiger partial charge in [-0.25, -0.2) is 4.98 Å². The van der Waals surface area contributed by atoms with Crippen molar-refractivity contribution in [1.29, 1.82) is 0 Å². The molecule has 2 atom stereocenters.